The lowest BCUT2D eigenvalue weighted by Crippen LogP contribution is -2.14. The molecule has 0 unspecified atom stereocenters. The molecule has 1 aliphatic carbocycles. The third-order valence-electron chi connectivity index (χ3n) is 10.7. The van der Waals surface area contributed by atoms with E-state index in [0.717, 1.165) is 60.7 Å². The zero-order valence-corrected chi connectivity index (χ0v) is 27.0. The first-order chi connectivity index (χ1) is 24.1. The molecule has 0 radical (unpaired) electrons. The minimum absolute atomic E-state index is 0.270. The third-order valence-corrected chi connectivity index (χ3v) is 10.7. The summed E-state index contributed by atoms with van der Waals surface area (Å²) < 4.78 is 9.45. The van der Waals surface area contributed by atoms with Crippen molar-refractivity contribution < 1.29 is 4.42 Å². The maximum absolute atomic E-state index is 7.16. The number of hydrogen-bond acceptors (Lipinski definition) is 3. The van der Waals surface area contributed by atoms with Crippen molar-refractivity contribution in [3.8, 4) is 28.3 Å². The lowest BCUT2D eigenvalue weighted by atomic mass is 9.86. The number of hydrogen-bond donors (Lipinski definition) is 0. The number of benzene rings is 7. The van der Waals surface area contributed by atoms with Gasteiger partial charge in [-0.1, -0.05) is 127 Å². The van der Waals surface area contributed by atoms with Crippen LogP contribution in [0.2, 0.25) is 0 Å². The van der Waals surface area contributed by atoms with Gasteiger partial charge in [0.1, 0.15) is 11.3 Å². The Morgan fingerprint density at radius 1 is 0.531 bits per heavy atom. The minimum atomic E-state index is -0.270. The van der Waals surface area contributed by atoms with Crippen molar-refractivity contribution >= 4 is 65.2 Å². The molecule has 4 nitrogen and oxygen atoms in total. The highest BCUT2D eigenvalue weighted by atomic mass is 16.3. The Morgan fingerprint density at radius 3 is 1.98 bits per heavy atom. The summed E-state index contributed by atoms with van der Waals surface area (Å²) in [7, 11) is 0. The fourth-order valence-electron chi connectivity index (χ4n) is 8.57. The summed E-state index contributed by atoms with van der Waals surface area (Å²) in [6, 6.07) is 49.5. The Bertz CT molecular complexity index is 3020. The van der Waals surface area contributed by atoms with E-state index in [0.29, 0.717) is 5.95 Å². The Hall–Kier alpha value is -6.26. The van der Waals surface area contributed by atoms with Crippen LogP contribution in [-0.2, 0) is 5.41 Å². The van der Waals surface area contributed by atoms with E-state index in [1.807, 2.05) is 6.07 Å². The van der Waals surface area contributed by atoms with Crippen LogP contribution < -0.4 is 0 Å². The molecule has 230 valence electrons. The van der Waals surface area contributed by atoms with Crippen LogP contribution in [0.3, 0.4) is 0 Å². The number of para-hydroxylation sites is 1. The molecule has 0 bridgehead atoms. The molecule has 0 N–H and O–H groups in total. The second-order valence-electron chi connectivity index (χ2n) is 13.7. The Kier molecular flexibility index (Phi) is 5.15. The normalized spacial score (nSPS) is 13.7. The summed E-state index contributed by atoms with van der Waals surface area (Å²) in [6.45, 7) is 4.54. The standard InChI is InChI=1S/C45H29N3O/c1-45(2)35-22-12-10-20-31(35)38-34-25-24-33-37-29-18-8-6-16-27(29)28-17-7-9-19-30(28)40(37)48(41(33)42(34)49-43(38)45)44-46-36-23-13-11-21-32(36)39(47-44)26-14-4-3-5-15-26/h3-25H,1-2H3. The van der Waals surface area contributed by atoms with E-state index >= 15 is 0 Å². The Balaban J connectivity index is 1.39. The topological polar surface area (TPSA) is 43.9 Å². The van der Waals surface area contributed by atoms with Crippen molar-refractivity contribution in [2.24, 2.45) is 0 Å². The van der Waals surface area contributed by atoms with E-state index in [2.05, 4.69) is 152 Å². The highest BCUT2D eigenvalue weighted by Gasteiger charge is 2.41. The number of rotatable bonds is 2. The van der Waals surface area contributed by atoms with Crippen LogP contribution in [0.15, 0.2) is 144 Å². The Labute approximate surface area is 281 Å². The predicted molar refractivity (Wildman–Crippen MR) is 202 cm³/mol. The molecule has 10 aromatic rings. The first-order valence-corrected chi connectivity index (χ1v) is 16.9. The van der Waals surface area contributed by atoms with Gasteiger partial charge in [0.05, 0.1) is 16.7 Å². The summed E-state index contributed by atoms with van der Waals surface area (Å²) in [5, 5.41) is 9.23. The monoisotopic (exact) mass is 627 g/mol. The zero-order chi connectivity index (χ0) is 32.4. The molecule has 0 amide bonds. The van der Waals surface area contributed by atoms with Gasteiger partial charge in [0.15, 0.2) is 5.58 Å². The van der Waals surface area contributed by atoms with Gasteiger partial charge in [0, 0.05) is 43.5 Å². The third kappa shape index (κ3) is 3.42. The zero-order valence-electron chi connectivity index (χ0n) is 27.0. The largest absolute Gasteiger partial charge is 0.457 e. The first-order valence-electron chi connectivity index (χ1n) is 16.9. The highest BCUT2D eigenvalue weighted by Crippen LogP contribution is 2.55. The van der Waals surface area contributed by atoms with Gasteiger partial charge in [0.2, 0.25) is 5.95 Å². The van der Waals surface area contributed by atoms with E-state index in [-0.39, 0.29) is 5.41 Å². The molecule has 0 fully saturated rings. The SMILES string of the molecule is CC1(C)c2ccccc2-c2c1oc1c2ccc2c3c4ccccc4c4ccccc4c3n(-c3nc(-c4ccccc4)c4ccccc4n3)c21. The van der Waals surface area contributed by atoms with E-state index in [9.17, 15) is 0 Å². The molecule has 7 aromatic carbocycles. The van der Waals surface area contributed by atoms with Gasteiger partial charge >= 0.3 is 0 Å². The molecule has 3 aromatic heterocycles. The van der Waals surface area contributed by atoms with Crippen LogP contribution in [0.4, 0.5) is 0 Å². The minimum Gasteiger partial charge on any atom is -0.457 e. The summed E-state index contributed by atoms with van der Waals surface area (Å²) >= 11 is 0. The van der Waals surface area contributed by atoms with Gasteiger partial charge in [-0.25, -0.2) is 9.97 Å². The van der Waals surface area contributed by atoms with E-state index < -0.39 is 0 Å². The van der Waals surface area contributed by atoms with Crippen LogP contribution >= 0.6 is 0 Å². The van der Waals surface area contributed by atoms with E-state index in [4.69, 9.17) is 14.4 Å². The van der Waals surface area contributed by atoms with Gasteiger partial charge in [-0.2, -0.15) is 0 Å². The molecule has 0 saturated heterocycles. The molecule has 3 heterocycles. The van der Waals surface area contributed by atoms with Gasteiger partial charge in [0.25, 0.3) is 0 Å². The average molecular weight is 628 g/mol. The molecule has 4 heteroatoms. The summed E-state index contributed by atoms with van der Waals surface area (Å²) in [4.78, 5) is 10.8. The number of furan rings is 1. The fraction of sp³-hybridized carbons (Fsp3) is 0.0667. The molecule has 11 rings (SSSR count). The Morgan fingerprint density at radius 2 is 1.16 bits per heavy atom. The number of fused-ring (bicyclic) bond motifs is 15. The second-order valence-corrected chi connectivity index (χ2v) is 13.7. The summed E-state index contributed by atoms with van der Waals surface area (Å²) in [5.41, 5.74) is 9.27. The predicted octanol–water partition coefficient (Wildman–Crippen LogP) is 11.8. The lowest BCUT2D eigenvalue weighted by molar-refractivity contribution is 0.466. The molecule has 0 saturated carbocycles. The molecule has 0 atom stereocenters. The van der Waals surface area contributed by atoms with Crippen LogP contribution in [0, 0.1) is 0 Å². The van der Waals surface area contributed by atoms with E-state index in [1.165, 1.54) is 38.2 Å². The van der Waals surface area contributed by atoms with Gasteiger partial charge < -0.3 is 4.42 Å². The molecular weight excluding hydrogens is 599 g/mol. The molecule has 0 spiro atoms. The van der Waals surface area contributed by atoms with Crippen LogP contribution in [0.25, 0.3) is 93.6 Å². The molecular formula is C45H29N3O. The maximum Gasteiger partial charge on any atom is 0.235 e. The fourth-order valence-corrected chi connectivity index (χ4v) is 8.57. The molecule has 0 aliphatic heterocycles. The van der Waals surface area contributed by atoms with Crippen molar-refractivity contribution in [3.05, 3.63) is 151 Å². The maximum atomic E-state index is 7.16. The van der Waals surface area contributed by atoms with Crippen LogP contribution in [-0.4, -0.2) is 14.5 Å². The van der Waals surface area contributed by atoms with Gasteiger partial charge in [-0.05, 0) is 53.3 Å². The average Bonchev–Trinajstić information content (AvgIpc) is 3.79. The molecule has 1 aliphatic rings. The van der Waals surface area contributed by atoms with Crippen molar-refractivity contribution in [1.82, 2.24) is 14.5 Å². The second kappa shape index (κ2) is 9.42. The van der Waals surface area contributed by atoms with Crippen molar-refractivity contribution in [2.75, 3.05) is 0 Å². The summed E-state index contributed by atoms with van der Waals surface area (Å²) in [6.07, 6.45) is 0. The highest BCUT2D eigenvalue weighted by molar-refractivity contribution is 6.34. The smallest absolute Gasteiger partial charge is 0.235 e. The summed E-state index contributed by atoms with van der Waals surface area (Å²) in [5.74, 6) is 1.63. The van der Waals surface area contributed by atoms with Crippen LogP contribution in [0.1, 0.15) is 25.2 Å². The van der Waals surface area contributed by atoms with Crippen molar-refractivity contribution in [2.45, 2.75) is 19.3 Å². The van der Waals surface area contributed by atoms with Crippen LogP contribution in [0.5, 0.6) is 0 Å². The molecule has 49 heavy (non-hydrogen) atoms. The van der Waals surface area contributed by atoms with Crippen molar-refractivity contribution in [1.29, 1.82) is 0 Å². The van der Waals surface area contributed by atoms with Gasteiger partial charge in [-0.15, -0.1) is 0 Å². The van der Waals surface area contributed by atoms with Crippen molar-refractivity contribution in [3.63, 3.8) is 0 Å². The lowest BCUT2D eigenvalue weighted by Gasteiger charge is -2.18. The number of nitrogens with zero attached hydrogens (tertiary/aromatic N) is 3. The number of aromatic nitrogens is 3. The quantitative estimate of drug-likeness (QED) is 0.179. The van der Waals surface area contributed by atoms with E-state index in [1.54, 1.807) is 0 Å². The van der Waals surface area contributed by atoms with Gasteiger partial charge in [-0.3, -0.25) is 4.57 Å². The first kappa shape index (κ1) is 26.8.